The maximum absolute atomic E-state index is 5.91. The molecule has 1 saturated heterocycles. The highest BCUT2D eigenvalue weighted by Crippen LogP contribution is 2.23. The van der Waals surface area contributed by atoms with E-state index in [1.54, 1.807) is 0 Å². The van der Waals surface area contributed by atoms with E-state index in [0.717, 1.165) is 37.0 Å². The molecule has 1 aromatic carbocycles. The van der Waals surface area contributed by atoms with Gasteiger partial charge in [-0.2, -0.15) is 4.98 Å². The zero-order chi connectivity index (χ0) is 11.7. The van der Waals surface area contributed by atoms with Crippen molar-refractivity contribution < 1.29 is 4.42 Å². The molecule has 1 fully saturated rings. The second-order valence-electron chi connectivity index (χ2n) is 4.30. The molecule has 1 aliphatic rings. The number of rotatable bonds is 2. The monoisotopic (exact) mass is 411 g/mol. The van der Waals surface area contributed by atoms with Crippen LogP contribution >= 0.6 is 45.6 Å². The third-order valence-corrected chi connectivity index (χ3v) is 3.25. The van der Waals surface area contributed by atoms with Crippen molar-refractivity contribution in [2.75, 3.05) is 18.4 Å². The van der Waals surface area contributed by atoms with E-state index in [-0.39, 0.29) is 34.0 Å². The fraction of sp³-hybridized carbons (Fsp3) is 0.417. The highest BCUT2D eigenvalue weighted by molar-refractivity contribution is 8.93. The van der Waals surface area contributed by atoms with Crippen LogP contribution in [0.4, 0.5) is 6.01 Å². The molecule has 0 spiro atoms. The second kappa shape index (κ2) is 7.47. The average Bonchev–Trinajstić information content (AvgIpc) is 2.71. The molecule has 1 aliphatic heterocycles. The zero-order valence-corrected chi connectivity index (χ0v) is 14.4. The molecular formula is C12H16Br2ClN3O. The van der Waals surface area contributed by atoms with E-state index in [2.05, 4.69) is 15.6 Å². The molecular weight excluding hydrogens is 397 g/mol. The maximum atomic E-state index is 5.91. The fourth-order valence-electron chi connectivity index (χ4n) is 2.10. The second-order valence-corrected chi connectivity index (χ2v) is 4.74. The van der Waals surface area contributed by atoms with Crippen molar-refractivity contribution in [3.8, 4) is 0 Å². The molecule has 0 aliphatic carbocycles. The van der Waals surface area contributed by atoms with Gasteiger partial charge in [-0.3, -0.25) is 0 Å². The molecule has 106 valence electrons. The largest absolute Gasteiger partial charge is 0.424 e. The highest BCUT2D eigenvalue weighted by Gasteiger charge is 2.15. The van der Waals surface area contributed by atoms with Gasteiger partial charge in [-0.05, 0) is 44.1 Å². The number of hydrogen-bond donors (Lipinski definition) is 2. The van der Waals surface area contributed by atoms with Gasteiger partial charge < -0.3 is 15.1 Å². The number of anilines is 1. The number of piperidine rings is 1. The van der Waals surface area contributed by atoms with E-state index >= 15 is 0 Å². The lowest BCUT2D eigenvalue weighted by Gasteiger charge is -2.22. The smallest absolute Gasteiger partial charge is 0.295 e. The molecule has 4 nitrogen and oxygen atoms in total. The molecule has 0 saturated carbocycles. The minimum atomic E-state index is 0. The van der Waals surface area contributed by atoms with Crippen molar-refractivity contribution in [3.63, 3.8) is 0 Å². The Morgan fingerprint density at radius 2 is 2.00 bits per heavy atom. The molecule has 0 unspecified atom stereocenters. The van der Waals surface area contributed by atoms with E-state index in [1.165, 1.54) is 0 Å². The number of nitrogens with zero attached hydrogens (tertiary/aromatic N) is 1. The van der Waals surface area contributed by atoms with Gasteiger partial charge in [0.15, 0.2) is 5.58 Å². The standard InChI is InChI=1S/C12H14ClN3O.2BrH/c13-8-1-2-11-10(7-8)16-12(17-11)15-9-3-5-14-6-4-9;;/h1-2,7,9,14H,3-6H2,(H,15,16);2*1H. The van der Waals surface area contributed by atoms with Gasteiger partial charge in [0.2, 0.25) is 0 Å². The van der Waals surface area contributed by atoms with Crippen molar-refractivity contribution in [2.24, 2.45) is 0 Å². The third kappa shape index (κ3) is 4.08. The van der Waals surface area contributed by atoms with Crippen LogP contribution in [0, 0.1) is 0 Å². The Bertz CT molecular complexity index is 529. The predicted octanol–water partition coefficient (Wildman–Crippen LogP) is 3.80. The number of fused-ring (bicyclic) bond motifs is 1. The molecule has 2 aromatic rings. The average molecular weight is 414 g/mol. The molecule has 2 heterocycles. The van der Waals surface area contributed by atoms with Crippen LogP contribution in [0.25, 0.3) is 11.1 Å². The SMILES string of the molecule is Br.Br.Clc1ccc2oc(NC3CCNCC3)nc2c1. The van der Waals surface area contributed by atoms with Crippen LogP contribution in [0.2, 0.25) is 5.02 Å². The highest BCUT2D eigenvalue weighted by atomic mass is 79.9. The molecule has 2 N–H and O–H groups in total. The summed E-state index contributed by atoms with van der Waals surface area (Å²) in [5, 5.41) is 7.33. The molecule has 0 atom stereocenters. The number of halogens is 3. The van der Waals surface area contributed by atoms with Crippen LogP contribution in [-0.2, 0) is 0 Å². The Labute approximate surface area is 137 Å². The molecule has 19 heavy (non-hydrogen) atoms. The van der Waals surface area contributed by atoms with Gasteiger partial charge in [-0.15, -0.1) is 34.0 Å². The molecule has 0 amide bonds. The van der Waals surface area contributed by atoms with E-state index in [4.69, 9.17) is 16.0 Å². The number of benzene rings is 1. The summed E-state index contributed by atoms with van der Waals surface area (Å²) in [7, 11) is 0. The zero-order valence-electron chi connectivity index (χ0n) is 10.2. The number of hydrogen-bond acceptors (Lipinski definition) is 4. The van der Waals surface area contributed by atoms with E-state index in [1.807, 2.05) is 18.2 Å². The van der Waals surface area contributed by atoms with Crippen molar-refractivity contribution >= 4 is 62.7 Å². The predicted molar refractivity (Wildman–Crippen MR) is 89.2 cm³/mol. The summed E-state index contributed by atoms with van der Waals surface area (Å²) in [4.78, 5) is 4.39. The van der Waals surface area contributed by atoms with Crippen molar-refractivity contribution in [1.29, 1.82) is 0 Å². The minimum Gasteiger partial charge on any atom is -0.424 e. The van der Waals surface area contributed by atoms with Crippen molar-refractivity contribution in [1.82, 2.24) is 10.3 Å². The number of aromatic nitrogens is 1. The summed E-state index contributed by atoms with van der Waals surface area (Å²) in [6.45, 7) is 2.09. The third-order valence-electron chi connectivity index (χ3n) is 3.02. The lowest BCUT2D eigenvalue weighted by Crippen LogP contribution is -2.35. The Hall–Kier alpha value is -0.300. The number of nitrogens with one attached hydrogen (secondary N) is 2. The summed E-state index contributed by atoms with van der Waals surface area (Å²) in [5.41, 5.74) is 1.57. The molecule has 0 bridgehead atoms. The van der Waals surface area contributed by atoms with Gasteiger partial charge in [-0.1, -0.05) is 11.6 Å². The lowest BCUT2D eigenvalue weighted by molar-refractivity contribution is 0.466. The van der Waals surface area contributed by atoms with Crippen LogP contribution in [0.3, 0.4) is 0 Å². The Balaban J connectivity index is 0.000000902. The molecule has 7 heteroatoms. The number of oxazole rings is 1. The molecule has 1 aromatic heterocycles. The molecule has 0 radical (unpaired) electrons. The minimum absolute atomic E-state index is 0. The van der Waals surface area contributed by atoms with Gasteiger partial charge in [-0.25, -0.2) is 0 Å². The topological polar surface area (TPSA) is 50.1 Å². The van der Waals surface area contributed by atoms with E-state index < -0.39 is 0 Å². The van der Waals surface area contributed by atoms with Gasteiger partial charge >= 0.3 is 0 Å². The van der Waals surface area contributed by atoms with Crippen LogP contribution in [0.1, 0.15) is 12.8 Å². The van der Waals surface area contributed by atoms with Crippen LogP contribution in [-0.4, -0.2) is 24.1 Å². The summed E-state index contributed by atoms with van der Waals surface area (Å²) in [5.74, 6) is 0. The van der Waals surface area contributed by atoms with E-state index in [0.29, 0.717) is 17.1 Å². The molecule has 3 rings (SSSR count). The van der Waals surface area contributed by atoms with Crippen molar-refractivity contribution in [3.05, 3.63) is 23.2 Å². The van der Waals surface area contributed by atoms with Crippen LogP contribution in [0.5, 0.6) is 0 Å². The normalized spacial score (nSPS) is 15.6. The van der Waals surface area contributed by atoms with E-state index in [9.17, 15) is 0 Å². The quantitative estimate of drug-likeness (QED) is 0.786. The lowest BCUT2D eigenvalue weighted by atomic mass is 10.1. The Morgan fingerprint density at radius 1 is 1.26 bits per heavy atom. The first-order chi connectivity index (χ1) is 8.31. The fourth-order valence-corrected chi connectivity index (χ4v) is 2.27. The van der Waals surface area contributed by atoms with Gasteiger partial charge in [0, 0.05) is 11.1 Å². The summed E-state index contributed by atoms with van der Waals surface area (Å²) in [6.07, 6.45) is 2.19. The summed E-state index contributed by atoms with van der Waals surface area (Å²) >= 11 is 5.91. The van der Waals surface area contributed by atoms with Gasteiger partial charge in [0.05, 0.1) is 0 Å². The van der Waals surface area contributed by atoms with Gasteiger partial charge in [0.1, 0.15) is 5.52 Å². The van der Waals surface area contributed by atoms with Crippen molar-refractivity contribution in [2.45, 2.75) is 18.9 Å². The summed E-state index contributed by atoms with van der Waals surface area (Å²) < 4.78 is 5.62. The van der Waals surface area contributed by atoms with Crippen LogP contribution in [0.15, 0.2) is 22.6 Å². The Kier molecular flexibility index (Phi) is 6.59. The first kappa shape index (κ1) is 16.8. The maximum Gasteiger partial charge on any atom is 0.295 e. The first-order valence-corrected chi connectivity index (χ1v) is 6.22. The Morgan fingerprint density at radius 3 is 2.74 bits per heavy atom. The summed E-state index contributed by atoms with van der Waals surface area (Å²) in [6, 6.07) is 6.50. The van der Waals surface area contributed by atoms with Gasteiger partial charge in [0.25, 0.3) is 6.01 Å². The van der Waals surface area contributed by atoms with Crippen LogP contribution < -0.4 is 10.6 Å². The first-order valence-electron chi connectivity index (χ1n) is 5.84.